The van der Waals surface area contributed by atoms with E-state index < -0.39 is 0 Å². The van der Waals surface area contributed by atoms with Gasteiger partial charge in [-0.25, -0.2) is 0 Å². The molecule has 15 heavy (non-hydrogen) atoms. The van der Waals surface area contributed by atoms with Crippen molar-refractivity contribution in [2.75, 3.05) is 25.2 Å². The molecule has 0 amide bonds. The van der Waals surface area contributed by atoms with Crippen LogP contribution in [0, 0.1) is 0 Å². The van der Waals surface area contributed by atoms with E-state index in [9.17, 15) is 0 Å². The molecule has 0 spiro atoms. The SMILES string of the molecule is COc1ccc(CCSCCN)cc1Cl. The maximum atomic E-state index is 6.02. The van der Waals surface area contributed by atoms with Crippen LogP contribution in [0.25, 0.3) is 0 Å². The molecule has 0 aliphatic heterocycles. The molecule has 1 aromatic carbocycles. The summed E-state index contributed by atoms with van der Waals surface area (Å²) in [5, 5.41) is 0.679. The highest BCUT2D eigenvalue weighted by Crippen LogP contribution is 2.25. The smallest absolute Gasteiger partial charge is 0.137 e. The number of rotatable bonds is 6. The molecule has 0 unspecified atom stereocenters. The Morgan fingerprint density at radius 1 is 1.40 bits per heavy atom. The van der Waals surface area contributed by atoms with E-state index in [0.717, 1.165) is 30.2 Å². The Morgan fingerprint density at radius 3 is 2.80 bits per heavy atom. The third-order valence-corrected chi connectivity index (χ3v) is 3.33. The number of nitrogens with two attached hydrogens (primary N) is 1. The second kappa shape index (κ2) is 6.99. The van der Waals surface area contributed by atoms with Gasteiger partial charge in [-0.2, -0.15) is 11.8 Å². The predicted molar refractivity (Wildman–Crippen MR) is 68.1 cm³/mol. The van der Waals surface area contributed by atoms with Crippen molar-refractivity contribution in [3.8, 4) is 5.75 Å². The highest BCUT2D eigenvalue weighted by atomic mass is 35.5. The lowest BCUT2D eigenvalue weighted by molar-refractivity contribution is 0.415. The van der Waals surface area contributed by atoms with Gasteiger partial charge >= 0.3 is 0 Å². The molecule has 0 saturated carbocycles. The first-order chi connectivity index (χ1) is 7.27. The molecule has 0 heterocycles. The van der Waals surface area contributed by atoms with Crippen molar-refractivity contribution in [3.63, 3.8) is 0 Å². The molecular weight excluding hydrogens is 230 g/mol. The molecule has 2 nitrogen and oxygen atoms in total. The van der Waals surface area contributed by atoms with Crippen LogP contribution in [0.5, 0.6) is 5.75 Å². The lowest BCUT2D eigenvalue weighted by Gasteiger charge is -2.05. The summed E-state index contributed by atoms with van der Waals surface area (Å²) < 4.78 is 5.09. The average molecular weight is 246 g/mol. The normalized spacial score (nSPS) is 10.3. The van der Waals surface area contributed by atoms with Gasteiger partial charge in [-0.1, -0.05) is 17.7 Å². The summed E-state index contributed by atoms with van der Waals surface area (Å²) in [7, 11) is 1.62. The Hall–Kier alpha value is -0.380. The van der Waals surface area contributed by atoms with Gasteiger partial charge in [0.15, 0.2) is 0 Å². The van der Waals surface area contributed by atoms with Crippen LogP contribution in [-0.2, 0) is 6.42 Å². The standard InChI is InChI=1S/C11H16ClNOS/c1-14-11-3-2-9(8-10(11)12)4-6-15-7-5-13/h2-3,8H,4-7,13H2,1H3. The second-order valence-electron chi connectivity index (χ2n) is 3.12. The quantitative estimate of drug-likeness (QED) is 0.783. The van der Waals surface area contributed by atoms with Crippen LogP contribution in [0.15, 0.2) is 18.2 Å². The molecule has 1 aromatic rings. The van der Waals surface area contributed by atoms with Crippen LogP contribution < -0.4 is 10.5 Å². The van der Waals surface area contributed by atoms with Crippen LogP contribution in [-0.4, -0.2) is 25.2 Å². The zero-order valence-corrected chi connectivity index (χ0v) is 10.4. The summed E-state index contributed by atoms with van der Waals surface area (Å²) in [6.07, 6.45) is 1.02. The van der Waals surface area contributed by atoms with Gasteiger partial charge in [-0.15, -0.1) is 0 Å². The zero-order chi connectivity index (χ0) is 11.1. The van der Waals surface area contributed by atoms with Crippen molar-refractivity contribution in [1.29, 1.82) is 0 Å². The molecule has 84 valence electrons. The predicted octanol–water partition coefficient (Wildman–Crippen LogP) is 2.58. The van der Waals surface area contributed by atoms with E-state index in [0.29, 0.717) is 5.02 Å². The lowest BCUT2D eigenvalue weighted by Crippen LogP contribution is -2.02. The monoisotopic (exact) mass is 245 g/mol. The van der Waals surface area contributed by atoms with Gasteiger partial charge in [-0.3, -0.25) is 0 Å². The fraction of sp³-hybridized carbons (Fsp3) is 0.455. The topological polar surface area (TPSA) is 35.2 Å². The van der Waals surface area contributed by atoms with Gasteiger partial charge in [0.1, 0.15) is 5.75 Å². The molecule has 1 rings (SSSR count). The van der Waals surface area contributed by atoms with Gasteiger partial charge in [0.05, 0.1) is 12.1 Å². The fourth-order valence-electron chi connectivity index (χ4n) is 1.24. The Bertz CT molecular complexity index is 307. The van der Waals surface area contributed by atoms with Gasteiger partial charge in [-0.05, 0) is 29.9 Å². The molecule has 0 atom stereocenters. The molecule has 0 bridgehead atoms. The zero-order valence-electron chi connectivity index (χ0n) is 8.83. The highest BCUT2D eigenvalue weighted by molar-refractivity contribution is 7.99. The third kappa shape index (κ3) is 4.33. The summed E-state index contributed by atoms with van der Waals surface area (Å²) in [6, 6.07) is 5.92. The number of ether oxygens (including phenoxy) is 1. The van der Waals surface area contributed by atoms with E-state index in [1.165, 1.54) is 5.56 Å². The number of hydrogen-bond donors (Lipinski definition) is 1. The molecule has 0 fully saturated rings. The van der Waals surface area contributed by atoms with Crippen molar-refractivity contribution >= 4 is 23.4 Å². The largest absolute Gasteiger partial charge is 0.495 e. The van der Waals surface area contributed by atoms with Crippen molar-refractivity contribution in [3.05, 3.63) is 28.8 Å². The average Bonchev–Trinajstić information content (AvgIpc) is 2.25. The van der Waals surface area contributed by atoms with Crippen molar-refractivity contribution in [2.24, 2.45) is 5.73 Å². The first-order valence-corrected chi connectivity index (χ1v) is 6.41. The molecule has 0 aliphatic rings. The lowest BCUT2D eigenvalue weighted by atomic mass is 10.2. The van der Waals surface area contributed by atoms with Crippen LogP contribution in [0.3, 0.4) is 0 Å². The summed E-state index contributed by atoms with van der Waals surface area (Å²) in [6.45, 7) is 0.744. The minimum atomic E-state index is 0.679. The summed E-state index contributed by atoms with van der Waals surface area (Å²) >= 11 is 7.88. The highest BCUT2D eigenvalue weighted by Gasteiger charge is 2.01. The number of aryl methyl sites for hydroxylation is 1. The van der Waals surface area contributed by atoms with E-state index in [-0.39, 0.29) is 0 Å². The van der Waals surface area contributed by atoms with Crippen molar-refractivity contribution in [1.82, 2.24) is 0 Å². The van der Waals surface area contributed by atoms with Gasteiger partial charge in [0.2, 0.25) is 0 Å². The van der Waals surface area contributed by atoms with Crippen LogP contribution in [0.2, 0.25) is 5.02 Å². The molecule has 0 saturated heterocycles. The van der Waals surface area contributed by atoms with E-state index in [4.69, 9.17) is 22.1 Å². The van der Waals surface area contributed by atoms with Crippen LogP contribution in [0.1, 0.15) is 5.56 Å². The second-order valence-corrected chi connectivity index (χ2v) is 4.75. The molecule has 0 radical (unpaired) electrons. The van der Waals surface area contributed by atoms with Gasteiger partial charge < -0.3 is 10.5 Å². The Morgan fingerprint density at radius 2 is 2.20 bits per heavy atom. The Kier molecular flexibility index (Phi) is 5.91. The minimum Gasteiger partial charge on any atom is -0.495 e. The fourth-order valence-corrected chi connectivity index (χ4v) is 2.27. The number of halogens is 1. The van der Waals surface area contributed by atoms with Crippen molar-refractivity contribution < 1.29 is 4.74 Å². The molecular formula is C11H16ClNOS. The number of hydrogen-bond acceptors (Lipinski definition) is 3. The molecule has 2 N–H and O–H groups in total. The summed E-state index contributed by atoms with van der Waals surface area (Å²) in [5.74, 6) is 2.83. The van der Waals surface area contributed by atoms with Gasteiger partial charge in [0, 0.05) is 12.3 Å². The number of benzene rings is 1. The third-order valence-electron chi connectivity index (χ3n) is 2.01. The Labute approximate surface area is 100 Å². The van der Waals surface area contributed by atoms with Gasteiger partial charge in [0.25, 0.3) is 0 Å². The van der Waals surface area contributed by atoms with E-state index in [1.807, 2.05) is 30.0 Å². The molecule has 0 aromatic heterocycles. The van der Waals surface area contributed by atoms with Crippen LogP contribution in [0.4, 0.5) is 0 Å². The summed E-state index contributed by atoms with van der Waals surface area (Å²) in [4.78, 5) is 0. The van der Waals surface area contributed by atoms with E-state index in [1.54, 1.807) is 7.11 Å². The number of thioether (sulfide) groups is 1. The first-order valence-electron chi connectivity index (χ1n) is 4.88. The van der Waals surface area contributed by atoms with Crippen molar-refractivity contribution in [2.45, 2.75) is 6.42 Å². The molecule has 0 aliphatic carbocycles. The van der Waals surface area contributed by atoms with E-state index in [2.05, 4.69) is 0 Å². The minimum absolute atomic E-state index is 0.679. The first kappa shape index (κ1) is 12.7. The maximum Gasteiger partial charge on any atom is 0.137 e. The molecule has 4 heteroatoms. The Balaban J connectivity index is 2.45. The maximum absolute atomic E-state index is 6.02. The van der Waals surface area contributed by atoms with Crippen LogP contribution >= 0.6 is 23.4 Å². The summed E-state index contributed by atoms with van der Waals surface area (Å²) in [5.41, 5.74) is 6.65. The number of methoxy groups -OCH3 is 1. The van der Waals surface area contributed by atoms with E-state index >= 15 is 0 Å².